The minimum atomic E-state index is -3.89. The van der Waals surface area contributed by atoms with E-state index in [9.17, 15) is 23.3 Å². The summed E-state index contributed by atoms with van der Waals surface area (Å²) in [6.45, 7) is 6.84. The average Bonchev–Trinajstić information content (AvgIpc) is 2.57. The van der Waals surface area contributed by atoms with Crippen LogP contribution in [0.15, 0.2) is 36.4 Å². The zero-order valence-corrected chi connectivity index (χ0v) is 17.2. The molecule has 0 aliphatic rings. The fourth-order valence-corrected chi connectivity index (χ4v) is 4.14. The van der Waals surface area contributed by atoms with E-state index in [0.717, 1.165) is 27.8 Å². The Kier molecular flexibility index (Phi) is 6.08. The minimum Gasteiger partial charge on any atom is -0.324 e. The highest BCUT2D eigenvalue weighted by molar-refractivity contribution is 7.92. The van der Waals surface area contributed by atoms with Crippen molar-refractivity contribution in [3.63, 3.8) is 0 Å². The maximum absolute atomic E-state index is 12.8. The molecule has 9 heteroatoms. The third kappa shape index (κ3) is 4.66. The first-order chi connectivity index (χ1) is 12.9. The van der Waals surface area contributed by atoms with Crippen LogP contribution in [0.25, 0.3) is 0 Å². The van der Waals surface area contributed by atoms with E-state index in [2.05, 4.69) is 5.32 Å². The molecule has 2 rings (SSSR count). The molecular weight excluding hydrogens is 382 g/mol. The van der Waals surface area contributed by atoms with Crippen molar-refractivity contribution in [3.05, 3.63) is 63.2 Å². The lowest BCUT2D eigenvalue weighted by Crippen LogP contribution is -2.45. The number of rotatable bonds is 6. The first kappa shape index (κ1) is 21.4. The second-order valence-electron chi connectivity index (χ2n) is 6.77. The molecule has 2 aromatic rings. The van der Waals surface area contributed by atoms with Gasteiger partial charge in [-0.05, 0) is 44.9 Å². The van der Waals surface area contributed by atoms with Crippen LogP contribution in [0.2, 0.25) is 0 Å². The van der Waals surface area contributed by atoms with Crippen LogP contribution >= 0.6 is 0 Å². The fraction of sp³-hybridized carbons (Fsp3) is 0.316. The van der Waals surface area contributed by atoms with Crippen LogP contribution in [0.4, 0.5) is 17.1 Å². The first-order valence-corrected chi connectivity index (χ1v) is 10.4. The van der Waals surface area contributed by atoms with E-state index < -0.39 is 26.9 Å². The summed E-state index contributed by atoms with van der Waals surface area (Å²) in [5.74, 6) is -0.539. The van der Waals surface area contributed by atoms with Gasteiger partial charge in [0, 0.05) is 17.8 Å². The van der Waals surface area contributed by atoms with Gasteiger partial charge < -0.3 is 5.32 Å². The molecule has 8 nitrogen and oxygen atoms in total. The number of carbonyl (C=O) groups excluding carboxylic acids is 1. The Bertz CT molecular complexity index is 1030. The Hall–Kier alpha value is -2.94. The number of benzene rings is 2. The molecular formula is C19H23N3O5S. The fourth-order valence-electron chi connectivity index (χ4n) is 2.92. The highest BCUT2D eigenvalue weighted by Gasteiger charge is 2.31. The topological polar surface area (TPSA) is 110 Å². The number of nitrogens with zero attached hydrogens (tertiary/aromatic N) is 2. The zero-order chi connectivity index (χ0) is 21.2. The summed E-state index contributed by atoms with van der Waals surface area (Å²) >= 11 is 0. The molecule has 0 aromatic heterocycles. The van der Waals surface area contributed by atoms with Gasteiger partial charge in [-0.2, -0.15) is 0 Å². The molecule has 150 valence electrons. The maximum atomic E-state index is 12.8. The van der Waals surface area contributed by atoms with E-state index in [0.29, 0.717) is 11.3 Å². The van der Waals surface area contributed by atoms with Gasteiger partial charge in [0.2, 0.25) is 15.9 Å². The third-order valence-corrected chi connectivity index (χ3v) is 5.60. The number of carbonyl (C=O) groups is 1. The van der Waals surface area contributed by atoms with E-state index in [1.54, 1.807) is 13.0 Å². The number of aryl methyl sites for hydroxylation is 3. The van der Waals surface area contributed by atoms with Crippen LogP contribution in [0.1, 0.15) is 23.6 Å². The quantitative estimate of drug-likeness (QED) is 0.586. The number of nitrogens with one attached hydrogen (secondary N) is 1. The number of anilines is 2. The zero-order valence-electron chi connectivity index (χ0n) is 16.4. The lowest BCUT2D eigenvalue weighted by Gasteiger charge is -2.29. The summed E-state index contributed by atoms with van der Waals surface area (Å²) < 4.78 is 25.8. The van der Waals surface area contributed by atoms with Gasteiger partial charge in [0.05, 0.1) is 16.9 Å². The molecule has 0 radical (unpaired) electrons. The number of nitro benzene ring substituents is 1. The molecule has 2 aromatic carbocycles. The van der Waals surface area contributed by atoms with Crippen molar-refractivity contribution in [2.45, 2.75) is 33.7 Å². The summed E-state index contributed by atoms with van der Waals surface area (Å²) in [6, 6.07) is 8.29. The summed E-state index contributed by atoms with van der Waals surface area (Å²) in [5, 5.41) is 13.8. The van der Waals surface area contributed by atoms with Crippen molar-refractivity contribution >= 4 is 33.0 Å². The standard InChI is InChI=1S/C19H23N3O5S/c1-12-6-9-17(14(3)10-12)20-19(23)15(4)21(28(5,26)27)18-11-16(22(24)25)8-7-13(18)2/h6-11,15H,1-5H3,(H,20,23)/t15-/m0/s1. The molecule has 1 amide bonds. The molecule has 1 atom stereocenters. The molecule has 0 saturated carbocycles. The summed E-state index contributed by atoms with van der Waals surface area (Å²) in [5.41, 5.74) is 2.80. The highest BCUT2D eigenvalue weighted by atomic mass is 32.2. The smallest absolute Gasteiger partial charge is 0.271 e. The maximum Gasteiger partial charge on any atom is 0.271 e. The predicted octanol–water partition coefficient (Wildman–Crippen LogP) is 3.31. The number of hydrogen-bond acceptors (Lipinski definition) is 5. The Balaban J connectivity index is 2.45. The predicted molar refractivity (Wildman–Crippen MR) is 109 cm³/mol. The van der Waals surface area contributed by atoms with Crippen molar-refractivity contribution in [2.75, 3.05) is 15.9 Å². The number of sulfonamides is 1. The second-order valence-corrected chi connectivity index (χ2v) is 8.63. The van der Waals surface area contributed by atoms with Crippen LogP contribution in [-0.4, -0.2) is 31.5 Å². The van der Waals surface area contributed by atoms with Crippen molar-refractivity contribution < 1.29 is 18.1 Å². The summed E-state index contributed by atoms with van der Waals surface area (Å²) in [6.07, 6.45) is 0.964. The largest absolute Gasteiger partial charge is 0.324 e. The third-order valence-electron chi connectivity index (χ3n) is 4.37. The van der Waals surface area contributed by atoms with Gasteiger partial charge in [-0.25, -0.2) is 8.42 Å². The summed E-state index contributed by atoms with van der Waals surface area (Å²) in [4.78, 5) is 23.3. The summed E-state index contributed by atoms with van der Waals surface area (Å²) in [7, 11) is -3.89. The molecule has 28 heavy (non-hydrogen) atoms. The Labute approximate surface area is 164 Å². The lowest BCUT2D eigenvalue weighted by molar-refractivity contribution is -0.384. The van der Waals surface area contributed by atoms with Crippen LogP contribution < -0.4 is 9.62 Å². The van der Waals surface area contributed by atoms with Gasteiger partial charge in [-0.3, -0.25) is 19.2 Å². The van der Waals surface area contributed by atoms with Crippen LogP contribution in [0.5, 0.6) is 0 Å². The van der Waals surface area contributed by atoms with Gasteiger partial charge in [0.1, 0.15) is 6.04 Å². The van der Waals surface area contributed by atoms with Crippen LogP contribution in [0.3, 0.4) is 0 Å². The highest BCUT2D eigenvalue weighted by Crippen LogP contribution is 2.29. The first-order valence-electron chi connectivity index (χ1n) is 8.54. The minimum absolute atomic E-state index is 0.0972. The molecule has 1 N–H and O–H groups in total. The van der Waals surface area contributed by atoms with Crippen molar-refractivity contribution in [3.8, 4) is 0 Å². The van der Waals surface area contributed by atoms with E-state index in [-0.39, 0.29) is 11.4 Å². The van der Waals surface area contributed by atoms with E-state index >= 15 is 0 Å². The van der Waals surface area contributed by atoms with Gasteiger partial charge in [0.15, 0.2) is 0 Å². The van der Waals surface area contributed by atoms with E-state index in [4.69, 9.17) is 0 Å². The van der Waals surface area contributed by atoms with Gasteiger partial charge in [-0.1, -0.05) is 23.8 Å². The van der Waals surface area contributed by atoms with Crippen LogP contribution in [-0.2, 0) is 14.8 Å². The molecule has 0 bridgehead atoms. The molecule has 0 saturated heterocycles. The molecule has 0 unspecified atom stereocenters. The number of hydrogen-bond donors (Lipinski definition) is 1. The molecule has 0 spiro atoms. The van der Waals surface area contributed by atoms with Crippen molar-refractivity contribution in [2.24, 2.45) is 0 Å². The number of nitro groups is 1. The molecule has 0 aliphatic heterocycles. The number of amides is 1. The van der Waals surface area contributed by atoms with Gasteiger partial charge in [0.25, 0.3) is 5.69 Å². The van der Waals surface area contributed by atoms with E-state index in [1.165, 1.54) is 19.1 Å². The van der Waals surface area contributed by atoms with Gasteiger partial charge >= 0.3 is 0 Å². The Morgan fingerprint density at radius 2 is 1.75 bits per heavy atom. The lowest BCUT2D eigenvalue weighted by atomic mass is 10.1. The molecule has 0 heterocycles. The van der Waals surface area contributed by atoms with Gasteiger partial charge in [-0.15, -0.1) is 0 Å². The number of non-ortho nitro benzene ring substituents is 1. The molecule has 0 aliphatic carbocycles. The van der Waals surface area contributed by atoms with Crippen LogP contribution in [0, 0.1) is 30.9 Å². The van der Waals surface area contributed by atoms with Crippen molar-refractivity contribution in [1.29, 1.82) is 0 Å². The Morgan fingerprint density at radius 1 is 1.11 bits per heavy atom. The Morgan fingerprint density at radius 3 is 2.29 bits per heavy atom. The second kappa shape index (κ2) is 7.97. The average molecular weight is 405 g/mol. The van der Waals surface area contributed by atoms with Crippen molar-refractivity contribution in [1.82, 2.24) is 0 Å². The molecule has 0 fully saturated rings. The van der Waals surface area contributed by atoms with E-state index in [1.807, 2.05) is 26.0 Å². The SMILES string of the molecule is Cc1ccc(NC(=O)[C@H](C)N(c2cc([N+](=O)[O-])ccc2C)S(C)(=O)=O)c(C)c1. The normalized spacial score (nSPS) is 12.3. The monoisotopic (exact) mass is 405 g/mol.